The minimum absolute atomic E-state index is 0.0974. The van der Waals surface area contributed by atoms with E-state index in [2.05, 4.69) is 4.98 Å². The van der Waals surface area contributed by atoms with Gasteiger partial charge in [-0.25, -0.2) is 4.98 Å². The highest BCUT2D eigenvalue weighted by Crippen LogP contribution is 2.19. The highest BCUT2D eigenvalue weighted by molar-refractivity contribution is 6.29. The Balaban J connectivity index is 3.09. The van der Waals surface area contributed by atoms with Crippen molar-refractivity contribution in [2.75, 3.05) is 5.73 Å². The summed E-state index contributed by atoms with van der Waals surface area (Å²) in [7, 11) is 0. The van der Waals surface area contributed by atoms with Gasteiger partial charge in [-0.1, -0.05) is 11.6 Å². The Hall–Kier alpha value is -0.800. The molecule has 1 rings (SSSR count). The minimum atomic E-state index is -0.0974. The van der Waals surface area contributed by atoms with E-state index in [0.717, 1.165) is 5.56 Å². The Morgan fingerprint density at radius 1 is 1.64 bits per heavy atom. The summed E-state index contributed by atoms with van der Waals surface area (Å²) >= 11 is 5.59. The molecule has 0 spiro atoms. The van der Waals surface area contributed by atoms with Crippen LogP contribution in [0.1, 0.15) is 18.5 Å². The maximum absolute atomic E-state index is 5.62. The fourth-order valence-electron chi connectivity index (χ4n) is 0.835. The van der Waals surface area contributed by atoms with Crippen LogP contribution >= 0.6 is 11.6 Å². The SMILES string of the molecule is CC(N)c1cnc(Cl)cc1N. The molecule has 4 N–H and O–H groups in total. The van der Waals surface area contributed by atoms with E-state index in [1.807, 2.05) is 6.92 Å². The van der Waals surface area contributed by atoms with Gasteiger partial charge in [0.2, 0.25) is 0 Å². The van der Waals surface area contributed by atoms with Crippen LogP contribution in [0.5, 0.6) is 0 Å². The molecule has 4 heteroatoms. The molecule has 0 radical (unpaired) electrons. The number of halogens is 1. The van der Waals surface area contributed by atoms with Crippen molar-refractivity contribution in [1.29, 1.82) is 0 Å². The van der Waals surface area contributed by atoms with E-state index in [1.165, 1.54) is 0 Å². The van der Waals surface area contributed by atoms with Crippen LogP contribution in [0.3, 0.4) is 0 Å². The van der Waals surface area contributed by atoms with Crippen molar-refractivity contribution >= 4 is 17.3 Å². The molecular formula is C7H10ClN3. The van der Waals surface area contributed by atoms with Gasteiger partial charge in [-0.05, 0) is 13.0 Å². The van der Waals surface area contributed by atoms with Gasteiger partial charge in [0.1, 0.15) is 5.15 Å². The Morgan fingerprint density at radius 2 is 2.27 bits per heavy atom. The number of anilines is 1. The van der Waals surface area contributed by atoms with Crippen molar-refractivity contribution in [2.24, 2.45) is 5.73 Å². The van der Waals surface area contributed by atoms with Crippen LogP contribution in [-0.2, 0) is 0 Å². The lowest BCUT2D eigenvalue weighted by molar-refractivity contribution is 0.815. The molecule has 1 aromatic heterocycles. The second-order valence-electron chi connectivity index (χ2n) is 2.42. The number of nitrogens with two attached hydrogens (primary N) is 2. The smallest absolute Gasteiger partial charge is 0.131 e. The molecule has 1 atom stereocenters. The Kier molecular flexibility index (Phi) is 2.31. The molecule has 1 aromatic rings. The van der Waals surface area contributed by atoms with E-state index >= 15 is 0 Å². The summed E-state index contributed by atoms with van der Waals surface area (Å²) in [5, 5.41) is 0.395. The van der Waals surface area contributed by atoms with Crippen LogP contribution in [0.25, 0.3) is 0 Å². The van der Waals surface area contributed by atoms with Crippen molar-refractivity contribution in [1.82, 2.24) is 4.98 Å². The fourth-order valence-corrected chi connectivity index (χ4v) is 1.00. The number of aromatic nitrogens is 1. The lowest BCUT2D eigenvalue weighted by Crippen LogP contribution is -2.08. The predicted octanol–water partition coefficient (Wildman–Crippen LogP) is 1.34. The molecule has 0 aliphatic heterocycles. The summed E-state index contributed by atoms with van der Waals surface area (Å²) in [6.45, 7) is 1.85. The lowest BCUT2D eigenvalue weighted by Gasteiger charge is -2.07. The van der Waals surface area contributed by atoms with E-state index in [-0.39, 0.29) is 6.04 Å². The number of rotatable bonds is 1. The monoisotopic (exact) mass is 171 g/mol. The molecule has 3 nitrogen and oxygen atoms in total. The second kappa shape index (κ2) is 3.07. The zero-order chi connectivity index (χ0) is 8.43. The summed E-state index contributed by atoms with van der Waals surface area (Å²) < 4.78 is 0. The largest absolute Gasteiger partial charge is 0.398 e. The van der Waals surface area contributed by atoms with Gasteiger partial charge in [-0.3, -0.25) is 0 Å². The quantitative estimate of drug-likeness (QED) is 0.627. The molecule has 60 valence electrons. The van der Waals surface area contributed by atoms with Gasteiger partial charge in [-0.15, -0.1) is 0 Å². The van der Waals surface area contributed by atoms with Gasteiger partial charge in [-0.2, -0.15) is 0 Å². The van der Waals surface area contributed by atoms with E-state index in [0.29, 0.717) is 10.8 Å². The summed E-state index contributed by atoms with van der Waals surface area (Å²) in [4.78, 5) is 3.87. The van der Waals surface area contributed by atoms with Crippen LogP contribution < -0.4 is 11.5 Å². The van der Waals surface area contributed by atoms with Gasteiger partial charge in [0.25, 0.3) is 0 Å². The summed E-state index contributed by atoms with van der Waals surface area (Å²) in [6, 6.07) is 1.50. The zero-order valence-corrected chi connectivity index (χ0v) is 6.97. The first kappa shape index (κ1) is 8.30. The van der Waals surface area contributed by atoms with Gasteiger partial charge < -0.3 is 11.5 Å². The van der Waals surface area contributed by atoms with E-state index in [9.17, 15) is 0 Å². The summed E-state index contributed by atoms with van der Waals surface area (Å²) in [5.74, 6) is 0. The van der Waals surface area contributed by atoms with Gasteiger partial charge in [0.05, 0.1) is 0 Å². The van der Waals surface area contributed by atoms with Crippen molar-refractivity contribution in [2.45, 2.75) is 13.0 Å². The number of hydrogen-bond acceptors (Lipinski definition) is 3. The molecule has 1 heterocycles. The van der Waals surface area contributed by atoms with E-state index in [1.54, 1.807) is 12.3 Å². The third kappa shape index (κ3) is 1.82. The molecule has 0 aromatic carbocycles. The highest BCUT2D eigenvalue weighted by atomic mass is 35.5. The van der Waals surface area contributed by atoms with E-state index in [4.69, 9.17) is 23.1 Å². The molecule has 0 saturated carbocycles. The first-order valence-corrected chi connectivity index (χ1v) is 3.65. The minimum Gasteiger partial charge on any atom is -0.398 e. The van der Waals surface area contributed by atoms with Crippen LogP contribution in [0.15, 0.2) is 12.3 Å². The molecule has 0 fully saturated rings. The van der Waals surface area contributed by atoms with Crippen molar-refractivity contribution in [3.05, 3.63) is 23.0 Å². The fraction of sp³-hybridized carbons (Fsp3) is 0.286. The molecule has 0 bridgehead atoms. The molecule has 0 saturated heterocycles. The molecular weight excluding hydrogens is 162 g/mol. The predicted molar refractivity (Wildman–Crippen MR) is 46.3 cm³/mol. The maximum atomic E-state index is 5.62. The molecule has 0 aliphatic carbocycles. The Labute approximate surface area is 70.4 Å². The van der Waals surface area contributed by atoms with Gasteiger partial charge in [0.15, 0.2) is 0 Å². The van der Waals surface area contributed by atoms with Gasteiger partial charge in [0, 0.05) is 23.5 Å². The van der Waals surface area contributed by atoms with Crippen molar-refractivity contribution in [3.63, 3.8) is 0 Å². The van der Waals surface area contributed by atoms with Crippen LogP contribution in [0.4, 0.5) is 5.69 Å². The molecule has 0 aliphatic rings. The Morgan fingerprint density at radius 3 is 2.73 bits per heavy atom. The zero-order valence-electron chi connectivity index (χ0n) is 6.21. The van der Waals surface area contributed by atoms with Crippen LogP contribution in [-0.4, -0.2) is 4.98 Å². The average Bonchev–Trinajstić information content (AvgIpc) is 1.85. The standard InChI is InChI=1S/C7H10ClN3/c1-4(9)5-3-11-7(8)2-6(5)10/h2-4H,9H2,1H3,(H2,10,11). The normalized spacial score (nSPS) is 13.0. The van der Waals surface area contributed by atoms with Gasteiger partial charge >= 0.3 is 0 Å². The van der Waals surface area contributed by atoms with Crippen molar-refractivity contribution < 1.29 is 0 Å². The van der Waals surface area contributed by atoms with E-state index < -0.39 is 0 Å². The first-order valence-electron chi connectivity index (χ1n) is 3.27. The molecule has 0 amide bonds. The third-order valence-corrected chi connectivity index (χ3v) is 1.63. The number of hydrogen-bond donors (Lipinski definition) is 2. The molecule has 1 unspecified atom stereocenters. The maximum Gasteiger partial charge on any atom is 0.131 e. The molecule has 11 heavy (non-hydrogen) atoms. The number of nitrogen functional groups attached to an aromatic ring is 1. The third-order valence-electron chi connectivity index (χ3n) is 1.43. The first-order chi connectivity index (χ1) is 5.11. The van der Waals surface area contributed by atoms with Crippen LogP contribution in [0, 0.1) is 0 Å². The highest BCUT2D eigenvalue weighted by Gasteiger charge is 2.04. The number of nitrogens with zero attached hydrogens (tertiary/aromatic N) is 1. The Bertz CT molecular complexity index is 260. The second-order valence-corrected chi connectivity index (χ2v) is 2.81. The average molecular weight is 172 g/mol. The van der Waals surface area contributed by atoms with Crippen LogP contribution in [0.2, 0.25) is 5.15 Å². The summed E-state index contributed by atoms with van der Waals surface area (Å²) in [6.07, 6.45) is 1.60. The number of pyridine rings is 1. The topological polar surface area (TPSA) is 64.9 Å². The lowest BCUT2D eigenvalue weighted by atomic mass is 10.1. The summed E-state index contributed by atoms with van der Waals surface area (Å²) in [5.41, 5.74) is 12.6. The van der Waals surface area contributed by atoms with Crippen molar-refractivity contribution in [3.8, 4) is 0 Å².